The van der Waals surface area contributed by atoms with E-state index in [9.17, 15) is 19.8 Å². The maximum atomic E-state index is 12.6. The number of aliphatic hydroxyl groups excluding tert-OH is 1. The molecule has 6 nitrogen and oxygen atoms in total. The SMILES string of the molecule is CC(NC(=O)C(O)CC(=O)N1CCc2ccccc2C1)c1ccc(-c2cccc(O)c2)cc1. The predicted molar refractivity (Wildman–Crippen MR) is 126 cm³/mol. The fourth-order valence-corrected chi connectivity index (χ4v) is 4.14. The number of amides is 2. The Hall–Kier alpha value is -3.64. The quantitative estimate of drug-likeness (QED) is 0.542. The van der Waals surface area contributed by atoms with E-state index in [1.165, 1.54) is 5.56 Å². The van der Waals surface area contributed by atoms with E-state index in [2.05, 4.69) is 11.4 Å². The van der Waals surface area contributed by atoms with E-state index in [4.69, 9.17) is 0 Å². The molecule has 3 aromatic carbocycles. The Bertz CT molecular complexity index is 1140. The molecule has 1 aliphatic heterocycles. The maximum Gasteiger partial charge on any atom is 0.249 e. The van der Waals surface area contributed by atoms with Gasteiger partial charge in [-0.2, -0.15) is 0 Å². The second kappa shape index (κ2) is 9.88. The van der Waals surface area contributed by atoms with Crippen LogP contribution in [-0.4, -0.2) is 39.6 Å². The zero-order chi connectivity index (χ0) is 23.4. The summed E-state index contributed by atoms with van der Waals surface area (Å²) in [5, 5.41) is 22.8. The van der Waals surface area contributed by atoms with Crippen molar-refractivity contribution < 1.29 is 19.8 Å². The molecule has 0 spiro atoms. The van der Waals surface area contributed by atoms with E-state index in [1.54, 1.807) is 23.1 Å². The summed E-state index contributed by atoms with van der Waals surface area (Å²) in [6, 6.07) is 22.3. The predicted octanol–water partition coefficient (Wildman–Crippen LogP) is 3.57. The van der Waals surface area contributed by atoms with Gasteiger partial charge in [0, 0.05) is 13.1 Å². The first-order valence-corrected chi connectivity index (χ1v) is 11.1. The van der Waals surface area contributed by atoms with Crippen LogP contribution in [0.5, 0.6) is 5.75 Å². The van der Waals surface area contributed by atoms with Crippen LogP contribution in [0.15, 0.2) is 72.8 Å². The summed E-state index contributed by atoms with van der Waals surface area (Å²) >= 11 is 0. The van der Waals surface area contributed by atoms with E-state index in [0.29, 0.717) is 13.1 Å². The second-order valence-electron chi connectivity index (χ2n) is 8.46. The van der Waals surface area contributed by atoms with Crippen LogP contribution in [0.3, 0.4) is 0 Å². The molecule has 0 saturated carbocycles. The molecule has 3 aromatic rings. The third kappa shape index (κ3) is 5.41. The largest absolute Gasteiger partial charge is 0.508 e. The molecule has 3 N–H and O–H groups in total. The number of carbonyl (C=O) groups excluding carboxylic acids is 2. The minimum absolute atomic E-state index is 0.203. The van der Waals surface area contributed by atoms with Crippen molar-refractivity contribution in [3.8, 4) is 16.9 Å². The highest BCUT2D eigenvalue weighted by Gasteiger charge is 2.26. The first-order valence-electron chi connectivity index (χ1n) is 11.1. The Morgan fingerprint density at radius 1 is 0.970 bits per heavy atom. The lowest BCUT2D eigenvalue weighted by Crippen LogP contribution is -2.42. The molecular formula is C27H28N2O4. The molecule has 0 bridgehead atoms. The molecule has 0 aromatic heterocycles. The van der Waals surface area contributed by atoms with Gasteiger partial charge in [0.2, 0.25) is 11.8 Å². The van der Waals surface area contributed by atoms with Gasteiger partial charge in [-0.1, -0.05) is 60.7 Å². The third-order valence-corrected chi connectivity index (χ3v) is 6.10. The number of rotatable bonds is 6. The maximum absolute atomic E-state index is 12.6. The lowest BCUT2D eigenvalue weighted by molar-refractivity contribution is -0.140. The number of nitrogens with zero attached hydrogens (tertiary/aromatic N) is 1. The average molecular weight is 445 g/mol. The average Bonchev–Trinajstić information content (AvgIpc) is 2.83. The number of hydrogen-bond donors (Lipinski definition) is 3. The first kappa shape index (κ1) is 22.6. The van der Waals surface area contributed by atoms with Gasteiger partial charge < -0.3 is 20.4 Å². The number of phenols is 1. The molecule has 170 valence electrons. The smallest absolute Gasteiger partial charge is 0.249 e. The van der Waals surface area contributed by atoms with Gasteiger partial charge >= 0.3 is 0 Å². The summed E-state index contributed by atoms with van der Waals surface area (Å²) in [6.07, 6.45) is -0.861. The molecule has 1 aliphatic rings. The van der Waals surface area contributed by atoms with E-state index in [0.717, 1.165) is 28.7 Å². The van der Waals surface area contributed by atoms with Crippen LogP contribution >= 0.6 is 0 Å². The number of hydrogen-bond acceptors (Lipinski definition) is 4. The number of fused-ring (bicyclic) bond motifs is 1. The highest BCUT2D eigenvalue weighted by Crippen LogP contribution is 2.25. The van der Waals surface area contributed by atoms with Crippen LogP contribution in [0.2, 0.25) is 0 Å². The number of phenolic OH excluding ortho intramolecular Hbond substituents is 1. The van der Waals surface area contributed by atoms with Crippen molar-refractivity contribution in [1.82, 2.24) is 10.2 Å². The molecule has 2 amide bonds. The molecule has 0 aliphatic carbocycles. The molecule has 6 heteroatoms. The molecule has 2 unspecified atom stereocenters. The fraction of sp³-hybridized carbons (Fsp3) is 0.259. The number of benzene rings is 3. The summed E-state index contributed by atoms with van der Waals surface area (Å²) in [7, 11) is 0. The zero-order valence-corrected chi connectivity index (χ0v) is 18.6. The first-order chi connectivity index (χ1) is 15.9. The molecule has 2 atom stereocenters. The lowest BCUT2D eigenvalue weighted by Gasteiger charge is -2.29. The standard InChI is InChI=1S/C27H28N2O4/c1-18(19-9-11-21(12-10-19)22-7-4-8-24(30)15-22)28-27(33)25(31)16-26(32)29-14-13-20-5-2-3-6-23(20)17-29/h2-12,15,18,25,30-31H,13-14,16-17H2,1H3,(H,28,33). The molecule has 0 fully saturated rings. The van der Waals surface area contributed by atoms with Crippen molar-refractivity contribution >= 4 is 11.8 Å². The summed E-state index contributed by atoms with van der Waals surface area (Å²) in [6.45, 7) is 2.93. The lowest BCUT2D eigenvalue weighted by atomic mass is 9.99. The van der Waals surface area contributed by atoms with Crippen molar-refractivity contribution in [2.45, 2.75) is 38.5 Å². The van der Waals surface area contributed by atoms with Crippen LogP contribution in [0, 0.1) is 0 Å². The Labute approximate surface area is 193 Å². The van der Waals surface area contributed by atoms with Gasteiger partial charge in [-0.15, -0.1) is 0 Å². The van der Waals surface area contributed by atoms with Crippen LogP contribution in [0.4, 0.5) is 0 Å². The van der Waals surface area contributed by atoms with Gasteiger partial charge in [0.05, 0.1) is 12.5 Å². The summed E-state index contributed by atoms with van der Waals surface area (Å²) in [4.78, 5) is 26.8. The van der Waals surface area contributed by atoms with Crippen LogP contribution < -0.4 is 5.32 Å². The minimum atomic E-state index is -1.40. The summed E-state index contributed by atoms with van der Waals surface area (Å²) in [5.74, 6) is -0.588. The Morgan fingerprint density at radius 3 is 2.42 bits per heavy atom. The number of nitrogens with one attached hydrogen (secondary N) is 1. The molecule has 0 radical (unpaired) electrons. The van der Waals surface area contributed by atoms with E-state index < -0.39 is 12.0 Å². The van der Waals surface area contributed by atoms with Crippen molar-refractivity contribution in [3.05, 3.63) is 89.5 Å². The normalized spacial score (nSPS) is 14.8. The number of aromatic hydroxyl groups is 1. The van der Waals surface area contributed by atoms with Gasteiger partial charge in [-0.3, -0.25) is 9.59 Å². The molecule has 4 rings (SSSR count). The zero-order valence-electron chi connectivity index (χ0n) is 18.6. The molecule has 0 saturated heterocycles. The molecular weight excluding hydrogens is 416 g/mol. The van der Waals surface area contributed by atoms with E-state index in [1.807, 2.05) is 55.5 Å². The Kier molecular flexibility index (Phi) is 6.75. The van der Waals surface area contributed by atoms with Crippen molar-refractivity contribution in [2.24, 2.45) is 0 Å². The van der Waals surface area contributed by atoms with Gasteiger partial charge in [-0.05, 0) is 53.3 Å². The third-order valence-electron chi connectivity index (χ3n) is 6.10. The van der Waals surface area contributed by atoms with Gasteiger partial charge in [0.15, 0.2) is 0 Å². The second-order valence-corrected chi connectivity index (χ2v) is 8.46. The monoisotopic (exact) mass is 444 g/mol. The Morgan fingerprint density at radius 2 is 1.70 bits per heavy atom. The van der Waals surface area contributed by atoms with Gasteiger partial charge in [0.25, 0.3) is 0 Å². The van der Waals surface area contributed by atoms with Crippen LogP contribution in [-0.2, 0) is 22.6 Å². The highest BCUT2D eigenvalue weighted by atomic mass is 16.3. The fourth-order valence-electron chi connectivity index (χ4n) is 4.14. The topological polar surface area (TPSA) is 89.9 Å². The minimum Gasteiger partial charge on any atom is -0.508 e. The van der Waals surface area contributed by atoms with E-state index in [-0.39, 0.29) is 24.1 Å². The Balaban J connectivity index is 1.31. The molecule has 33 heavy (non-hydrogen) atoms. The number of carbonyl (C=O) groups is 2. The van der Waals surface area contributed by atoms with Gasteiger partial charge in [-0.25, -0.2) is 0 Å². The van der Waals surface area contributed by atoms with Crippen molar-refractivity contribution in [3.63, 3.8) is 0 Å². The number of aliphatic hydroxyl groups is 1. The van der Waals surface area contributed by atoms with Crippen molar-refractivity contribution in [2.75, 3.05) is 6.54 Å². The van der Waals surface area contributed by atoms with E-state index >= 15 is 0 Å². The van der Waals surface area contributed by atoms with Crippen LogP contribution in [0.25, 0.3) is 11.1 Å². The van der Waals surface area contributed by atoms with Crippen molar-refractivity contribution in [1.29, 1.82) is 0 Å². The highest BCUT2D eigenvalue weighted by molar-refractivity contribution is 5.87. The van der Waals surface area contributed by atoms with Crippen LogP contribution in [0.1, 0.15) is 36.1 Å². The molecule has 1 heterocycles. The summed E-state index contributed by atoms with van der Waals surface area (Å²) in [5.41, 5.74) is 5.07. The summed E-state index contributed by atoms with van der Waals surface area (Å²) < 4.78 is 0. The van der Waals surface area contributed by atoms with Gasteiger partial charge in [0.1, 0.15) is 11.9 Å².